The van der Waals surface area contributed by atoms with Gasteiger partial charge in [0.15, 0.2) is 0 Å². The van der Waals surface area contributed by atoms with E-state index in [0.717, 1.165) is 24.6 Å². The maximum atomic E-state index is 12.1. The van der Waals surface area contributed by atoms with Crippen LogP contribution in [0.15, 0.2) is 0 Å². The predicted molar refractivity (Wildman–Crippen MR) is 91.4 cm³/mol. The van der Waals surface area contributed by atoms with Crippen molar-refractivity contribution in [3.05, 3.63) is 0 Å². The molecule has 0 aromatic carbocycles. The van der Waals surface area contributed by atoms with Crippen molar-refractivity contribution in [2.24, 2.45) is 5.92 Å². The summed E-state index contributed by atoms with van der Waals surface area (Å²) in [5.74, 6) is 2.07. The second kappa shape index (κ2) is 9.22. The van der Waals surface area contributed by atoms with Crippen molar-refractivity contribution in [1.29, 1.82) is 0 Å². The minimum absolute atomic E-state index is 0.0863. The van der Waals surface area contributed by atoms with Crippen molar-refractivity contribution in [1.82, 2.24) is 15.7 Å². The quantitative estimate of drug-likeness (QED) is 0.746. The maximum Gasteiger partial charge on any atom is 0.431 e. The summed E-state index contributed by atoms with van der Waals surface area (Å²) < 4.78 is 5.12. The summed E-state index contributed by atoms with van der Waals surface area (Å²) in [6.45, 7) is 11.1. The molecule has 0 aliphatic carbocycles. The van der Waals surface area contributed by atoms with Crippen molar-refractivity contribution in [2.45, 2.75) is 46.3 Å². The lowest BCUT2D eigenvalue weighted by atomic mass is 10.1. The van der Waals surface area contributed by atoms with Gasteiger partial charge in [0.2, 0.25) is 0 Å². The summed E-state index contributed by atoms with van der Waals surface area (Å²) in [4.78, 5) is 30.9. The van der Waals surface area contributed by atoms with Crippen LogP contribution < -0.4 is 10.8 Å². The van der Waals surface area contributed by atoms with E-state index in [0.29, 0.717) is 6.54 Å². The largest absolute Gasteiger partial charge is 0.442 e. The van der Waals surface area contributed by atoms with Gasteiger partial charge in [-0.3, -0.25) is 4.84 Å². The normalized spacial score (nSPS) is 16.9. The summed E-state index contributed by atoms with van der Waals surface area (Å²) in [5, 5.41) is 2.87. The zero-order valence-corrected chi connectivity index (χ0v) is 15.5. The van der Waals surface area contributed by atoms with Crippen molar-refractivity contribution >= 4 is 23.9 Å². The van der Waals surface area contributed by atoms with E-state index < -0.39 is 11.7 Å². The van der Waals surface area contributed by atoms with Gasteiger partial charge in [0.25, 0.3) is 0 Å². The highest BCUT2D eigenvalue weighted by Gasteiger charge is 2.22. The number of nitrogens with zero attached hydrogens (tertiary/aromatic N) is 1. The van der Waals surface area contributed by atoms with Crippen LogP contribution in [0.2, 0.25) is 0 Å². The second-order valence-electron chi connectivity index (χ2n) is 6.79. The van der Waals surface area contributed by atoms with E-state index in [1.165, 1.54) is 0 Å². The predicted octanol–water partition coefficient (Wildman–Crippen LogP) is 2.23. The average Bonchev–Trinajstić information content (AvgIpc) is 2.45. The Hall–Kier alpha value is -1.15. The molecule has 0 aromatic rings. The molecule has 3 amide bonds. The Morgan fingerprint density at radius 2 is 1.83 bits per heavy atom. The van der Waals surface area contributed by atoms with Gasteiger partial charge in [-0.05, 0) is 26.7 Å². The summed E-state index contributed by atoms with van der Waals surface area (Å²) in [5.41, 5.74) is 1.71. The topological polar surface area (TPSA) is 79.9 Å². The van der Waals surface area contributed by atoms with Crippen molar-refractivity contribution < 1.29 is 19.2 Å². The molecule has 2 N–H and O–H groups in total. The van der Waals surface area contributed by atoms with Gasteiger partial charge in [-0.1, -0.05) is 13.8 Å². The number of thioether (sulfide) groups is 1. The molecule has 0 aromatic heterocycles. The highest BCUT2D eigenvalue weighted by molar-refractivity contribution is 7.99. The molecule has 23 heavy (non-hydrogen) atoms. The van der Waals surface area contributed by atoms with Crippen molar-refractivity contribution in [3.8, 4) is 0 Å². The summed E-state index contributed by atoms with van der Waals surface area (Å²) in [6, 6.07) is -0.0863. The number of ether oxygens (including phenoxy) is 1. The molecule has 1 atom stereocenters. The Bertz CT molecular complexity index is 393. The molecule has 1 rings (SSSR count). The molecule has 1 saturated heterocycles. The molecule has 1 fully saturated rings. The first kappa shape index (κ1) is 19.9. The lowest BCUT2D eigenvalue weighted by Crippen LogP contribution is -2.48. The van der Waals surface area contributed by atoms with Gasteiger partial charge >= 0.3 is 12.1 Å². The zero-order valence-electron chi connectivity index (χ0n) is 14.7. The summed E-state index contributed by atoms with van der Waals surface area (Å²) in [6.07, 6.45) is -0.965. The van der Waals surface area contributed by atoms with E-state index in [9.17, 15) is 9.59 Å². The SMILES string of the molecule is CC(C)C(CNC(=O)N1CCSCC1)ONC(=O)OC(C)(C)C. The van der Waals surface area contributed by atoms with Gasteiger partial charge in [-0.15, -0.1) is 0 Å². The van der Waals surface area contributed by atoms with E-state index >= 15 is 0 Å². The smallest absolute Gasteiger partial charge is 0.431 e. The first-order chi connectivity index (χ1) is 10.7. The number of rotatable bonds is 5. The standard InChI is InChI=1S/C15H29N3O4S/c1-11(2)12(22-17-14(20)21-15(3,4)5)10-16-13(19)18-6-8-23-9-7-18/h11-12H,6-10H2,1-5H3,(H,16,19)(H,17,20). The van der Waals surface area contributed by atoms with Gasteiger partial charge in [0, 0.05) is 31.1 Å². The third-order valence-electron chi connectivity index (χ3n) is 3.19. The number of nitrogens with one attached hydrogen (secondary N) is 2. The average molecular weight is 347 g/mol. The Balaban J connectivity index is 2.36. The van der Waals surface area contributed by atoms with Crippen LogP contribution in [0.3, 0.4) is 0 Å². The first-order valence-corrected chi connectivity index (χ1v) is 9.09. The van der Waals surface area contributed by atoms with Crippen LogP contribution >= 0.6 is 11.8 Å². The lowest BCUT2D eigenvalue weighted by molar-refractivity contribution is -0.0560. The summed E-state index contributed by atoms with van der Waals surface area (Å²) in [7, 11) is 0. The van der Waals surface area contributed by atoms with Gasteiger partial charge in [0.1, 0.15) is 11.7 Å². The van der Waals surface area contributed by atoms with Gasteiger partial charge in [0.05, 0.1) is 0 Å². The second-order valence-corrected chi connectivity index (χ2v) is 8.01. The van der Waals surface area contributed by atoms with E-state index in [4.69, 9.17) is 9.57 Å². The molecule has 1 aliphatic heterocycles. The Morgan fingerprint density at radius 1 is 1.22 bits per heavy atom. The lowest BCUT2D eigenvalue weighted by Gasteiger charge is -2.28. The highest BCUT2D eigenvalue weighted by atomic mass is 32.2. The fourth-order valence-corrected chi connectivity index (χ4v) is 2.81. The van der Waals surface area contributed by atoms with Gasteiger partial charge in [-0.2, -0.15) is 17.2 Å². The Labute approximate surface area is 142 Å². The van der Waals surface area contributed by atoms with Crippen molar-refractivity contribution in [3.63, 3.8) is 0 Å². The maximum absolute atomic E-state index is 12.1. The Kier molecular flexibility index (Phi) is 7.98. The molecular weight excluding hydrogens is 318 g/mol. The molecule has 1 heterocycles. The van der Waals surface area contributed by atoms with Crippen LogP contribution in [0.5, 0.6) is 0 Å². The Morgan fingerprint density at radius 3 is 2.35 bits per heavy atom. The number of carbonyl (C=O) groups is 2. The fourth-order valence-electron chi connectivity index (χ4n) is 1.90. The molecule has 1 aliphatic rings. The third-order valence-corrected chi connectivity index (χ3v) is 4.13. The monoisotopic (exact) mass is 347 g/mol. The number of amides is 3. The number of urea groups is 1. The molecule has 0 saturated carbocycles. The minimum atomic E-state index is -0.637. The summed E-state index contributed by atoms with van der Waals surface area (Å²) >= 11 is 1.85. The molecule has 0 spiro atoms. The molecule has 134 valence electrons. The number of hydrogen-bond acceptors (Lipinski definition) is 5. The van der Waals surface area contributed by atoms with Crippen LogP contribution in [0.1, 0.15) is 34.6 Å². The van der Waals surface area contributed by atoms with E-state index in [1.807, 2.05) is 25.6 Å². The molecule has 8 heteroatoms. The molecule has 0 bridgehead atoms. The molecule has 7 nitrogen and oxygen atoms in total. The van der Waals surface area contributed by atoms with Crippen LogP contribution in [0.25, 0.3) is 0 Å². The zero-order chi connectivity index (χ0) is 17.5. The molecule has 0 radical (unpaired) electrons. The third kappa shape index (κ3) is 8.31. The van der Waals surface area contributed by atoms with E-state index in [1.54, 1.807) is 25.7 Å². The number of carbonyl (C=O) groups excluding carboxylic acids is 2. The van der Waals surface area contributed by atoms with E-state index in [2.05, 4.69) is 10.8 Å². The highest BCUT2D eigenvalue weighted by Crippen LogP contribution is 2.10. The minimum Gasteiger partial charge on any atom is -0.442 e. The number of hydrogen-bond donors (Lipinski definition) is 2. The van der Waals surface area contributed by atoms with Crippen LogP contribution in [-0.2, 0) is 9.57 Å². The molecule has 1 unspecified atom stereocenters. The van der Waals surface area contributed by atoms with Gasteiger partial charge < -0.3 is 15.0 Å². The van der Waals surface area contributed by atoms with Crippen LogP contribution in [0, 0.1) is 5.92 Å². The van der Waals surface area contributed by atoms with Crippen LogP contribution in [0.4, 0.5) is 9.59 Å². The molecular formula is C15H29N3O4S. The van der Waals surface area contributed by atoms with Gasteiger partial charge in [-0.25, -0.2) is 9.59 Å². The fraction of sp³-hybridized carbons (Fsp3) is 0.867. The van der Waals surface area contributed by atoms with Crippen molar-refractivity contribution in [2.75, 3.05) is 31.1 Å². The number of hydroxylamine groups is 1. The first-order valence-electron chi connectivity index (χ1n) is 7.94. The van der Waals surface area contributed by atoms with Crippen LogP contribution in [-0.4, -0.2) is 59.9 Å². The van der Waals surface area contributed by atoms with E-state index in [-0.39, 0.29) is 18.1 Å².